The van der Waals surface area contributed by atoms with Crippen LogP contribution in [-0.4, -0.2) is 183 Å². The molecule has 446 valence electrons. The maximum absolute atomic E-state index is 14.8. The number of aryl methyl sites for hydroxylation is 3. The Bertz CT molecular complexity index is 2910. The number of hydrogen-bond acceptors (Lipinski definition) is 22. The van der Waals surface area contributed by atoms with E-state index in [-0.39, 0.29) is 49.2 Å². The number of aromatic nitrogens is 6. The minimum absolute atomic E-state index is 0.202. The molecular formula is C44H72F3N6O22P3. The third-order valence-electron chi connectivity index (χ3n) is 11.4. The molecule has 78 heavy (non-hydrogen) atoms. The predicted octanol–water partition coefficient (Wildman–Crippen LogP) is 1.43. The highest BCUT2D eigenvalue weighted by molar-refractivity contribution is 7.58. The molecule has 0 saturated carbocycles. The van der Waals surface area contributed by atoms with Crippen molar-refractivity contribution in [1.82, 2.24) is 28.7 Å². The zero-order chi connectivity index (χ0) is 59.0. The Balaban J connectivity index is 0.000000286. The second kappa shape index (κ2) is 30.7. The van der Waals surface area contributed by atoms with Crippen molar-refractivity contribution in [3.05, 3.63) is 97.8 Å². The Morgan fingerprint density at radius 2 is 0.897 bits per heavy atom. The van der Waals surface area contributed by atoms with Gasteiger partial charge in [0.05, 0.1) is 46.2 Å². The molecule has 3 aliphatic heterocycles. The molecule has 14 atom stereocenters. The number of aromatic amines is 3. The Kier molecular flexibility index (Phi) is 26.9. The van der Waals surface area contributed by atoms with Crippen LogP contribution in [-0.2, 0) is 55.5 Å². The normalized spacial score (nSPS) is 27.3. The molecule has 3 aromatic heterocycles. The Hall–Kier alpha value is -4.00. The largest absolute Gasteiger partial charge is 0.394 e. The van der Waals surface area contributed by atoms with Crippen molar-refractivity contribution in [3.63, 3.8) is 0 Å². The zero-order valence-electron chi connectivity index (χ0n) is 44.7. The van der Waals surface area contributed by atoms with Crippen molar-refractivity contribution in [1.29, 1.82) is 0 Å². The summed E-state index contributed by atoms with van der Waals surface area (Å²) in [7, 11) is -8.69. The molecule has 3 aliphatic rings. The number of rotatable bonds is 21. The first-order valence-electron chi connectivity index (χ1n) is 24.4. The average molecular weight is 1190 g/mol. The summed E-state index contributed by atoms with van der Waals surface area (Å²) in [6.45, 7) is 16.0. The lowest BCUT2D eigenvalue weighted by Gasteiger charge is -2.21. The molecule has 0 spiro atoms. The van der Waals surface area contributed by atoms with E-state index in [4.69, 9.17) is 46.9 Å². The van der Waals surface area contributed by atoms with Crippen LogP contribution in [0.15, 0.2) is 47.4 Å². The number of ether oxygens (including phenoxy) is 5. The van der Waals surface area contributed by atoms with Gasteiger partial charge < -0.3 is 62.2 Å². The van der Waals surface area contributed by atoms with Crippen molar-refractivity contribution < 1.29 is 89.1 Å². The molecule has 0 amide bonds. The standard InChI is InChI=1S/2C14H22FN2O7P.C10H13FN2O5.C6H15O3P/c1-4-23-25(3,21)7-22-6-9-11(18)10(15)13(24-9)17-5-8(2)12(19)16-14(17)20;1-4-23-25(3,21)7-22-11-9(6-18)24-13(10(11)15)17-5-8(2)12(19)16-14(17)20;1-4-2-13(10(17)12-8(4)16)9-6(11)7(15)5(3-14)18-9;1-4-8-10(7,6-3)9-5-2/h2*5,9-11,13,18H,4,6-7H2,1-3H3,(H,16,19,20);2,5-7,9,14-15H,3H2,1H3,(H,12,16,17);4-6H2,1-3H3/t2*9-,10+,11-,13-,25?;5-,6+,7-,9-;/m000./s1. The first kappa shape index (κ1) is 68.3. The van der Waals surface area contributed by atoms with Crippen LogP contribution < -0.4 is 33.7 Å². The number of nitrogens with one attached hydrogen (secondary N) is 3. The van der Waals surface area contributed by atoms with Crippen molar-refractivity contribution in [2.45, 2.75) is 129 Å². The van der Waals surface area contributed by atoms with E-state index in [9.17, 15) is 71.0 Å². The molecule has 28 nitrogen and oxygen atoms in total. The van der Waals surface area contributed by atoms with Gasteiger partial charge in [0.15, 0.2) is 37.2 Å². The molecule has 6 heterocycles. The summed E-state index contributed by atoms with van der Waals surface area (Å²) < 4.78 is 127. The van der Waals surface area contributed by atoms with E-state index in [2.05, 4.69) is 9.97 Å². The fourth-order valence-corrected chi connectivity index (χ4v) is 10.9. The van der Waals surface area contributed by atoms with E-state index >= 15 is 0 Å². The molecule has 0 aliphatic carbocycles. The van der Waals surface area contributed by atoms with Gasteiger partial charge in [0.2, 0.25) is 14.7 Å². The summed E-state index contributed by atoms with van der Waals surface area (Å²) in [4.78, 5) is 75.5. The van der Waals surface area contributed by atoms with E-state index in [0.717, 1.165) is 19.9 Å². The first-order valence-corrected chi connectivity index (χ1v) is 30.7. The molecular weight excluding hydrogens is 1110 g/mol. The smallest absolute Gasteiger partial charge is 0.330 e. The summed E-state index contributed by atoms with van der Waals surface area (Å²) in [6, 6.07) is 0. The summed E-state index contributed by atoms with van der Waals surface area (Å²) in [5, 5.41) is 37.7. The number of H-pyrrole nitrogens is 3. The van der Waals surface area contributed by atoms with Gasteiger partial charge in [0.1, 0.15) is 49.3 Å². The van der Waals surface area contributed by atoms with Crippen molar-refractivity contribution in [2.24, 2.45) is 0 Å². The molecule has 3 saturated heterocycles. The van der Waals surface area contributed by atoms with Gasteiger partial charge >= 0.3 is 24.7 Å². The predicted molar refractivity (Wildman–Crippen MR) is 273 cm³/mol. The van der Waals surface area contributed by atoms with Crippen molar-refractivity contribution in [3.8, 4) is 0 Å². The van der Waals surface area contributed by atoms with Crippen LogP contribution in [0.1, 0.15) is 70.0 Å². The fraction of sp³-hybridized carbons (Fsp3) is 0.727. The van der Waals surface area contributed by atoms with Crippen molar-refractivity contribution >= 4 is 22.3 Å². The van der Waals surface area contributed by atoms with Gasteiger partial charge in [-0.05, 0) is 48.5 Å². The number of nitrogens with zero attached hydrogens (tertiary/aromatic N) is 3. The summed E-state index contributed by atoms with van der Waals surface area (Å²) in [5.41, 5.74) is -3.61. The third-order valence-corrected chi connectivity index (χ3v) is 16.4. The number of aliphatic hydroxyl groups excluding tert-OH is 4. The van der Waals surface area contributed by atoms with E-state index < -0.39 is 143 Å². The molecule has 0 bridgehead atoms. The van der Waals surface area contributed by atoms with Crippen LogP contribution >= 0.6 is 22.3 Å². The number of aliphatic hydroxyl groups is 4. The molecule has 7 N–H and O–H groups in total. The Morgan fingerprint density at radius 1 is 0.551 bits per heavy atom. The average Bonchev–Trinajstić information content (AvgIpc) is 3.96. The van der Waals surface area contributed by atoms with Gasteiger partial charge in [0, 0.05) is 54.8 Å². The molecule has 6 rings (SSSR count). The molecule has 3 fully saturated rings. The Labute approximate surface area is 444 Å². The van der Waals surface area contributed by atoms with E-state index in [1.807, 2.05) is 4.98 Å². The second-order valence-electron chi connectivity index (χ2n) is 17.7. The van der Waals surface area contributed by atoms with Gasteiger partial charge in [-0.2, -0.15) is 0 Å². The van der Waals surface area contributed by atoms with Crippen LogP contribution in [0.3, 0.4) is 0 Å². The minimum Gasteiger partial charge on any atom is -0.394 e. The van der Waals surface area contributed by atoms with E-state index in [0.29, 0.717) is 19.4 Å². The van der Waals surface area contributed by atoms with Crippen LogP contribution in [0.5, 0.6) is 0 Å². The van der Waals surface area contributed by atoms with Crippen LogP contribution in [0.2, 0.25) is 0 Å². The van der Waals surface area contributed by atoms with Gasteiger partial charge in [-0.25, -0.2) is 27.6 Å². The van der Waals surface area contributed by atoms with Crippen LogP contribution in [0.4, 0.5) is 13.2 Å². The highest BCUT2D eigenvalue weighted by Crippen LogP contribution is 2.47. The lowest BCUT2D eigenvalue weighted by atomic mass is 10.1. The number of alkyl halides is 3. The zero-order valence-corrected chi connectivity index (χ0v) is 47.4. The van der Waals surface area contributed by atoms with Gasteiger partial charge in [-0.1, -0.05) is 6.92 Å². The molecule has 3 aromatic rings. The first-order chi connectivity index (χ1) is 36.5. The molecule has 2 unspecified atom stereocenters. The summed E-state index contributed by atoms with van der Waals surface area (Å²) in [6.07, 6.45) is -13.8. The lowest BCUT2D eigenvalue weighted by Crippen LogP contribution is -2.37. The lowest BCUT2D eigenvalue weighted by molar-refractivity contribution is -0.0604. The summed E-state index contributed by atoms with van der Waals surface area (Å²) >= 11 is 0. The molecule has 0 aromatic carbocycles. The summed E-state index contributed by atoms with van der Waals surface area (Å²) in [5.74, 6) is 0. The maximum atomic E-state index is 14.8. The topological polar surface area (TPSA) is 380 Å². The van der Waals surface area contributed by atoms with Crippen LogP contribution in [0.25, 0.3) is 0 Å². The highest BCUT2D eigenvalue weighted by Gasteiger charge is 2.49. The monoisotopic (exact) mass is 1190 g/mol. The third kappa shape index (κ3) is 18.5. The Morgan fingerprint density at radius 3 is 1.26 bits per heavy atom. The minimum atomic E-state index is -3.07. The van der Waals surface area contributed by atoms with E-state index in [1.54, 1.807) is 34.6 Å². The van der Waals surface area contributed by atoms with E-state index in [1.165, 1.54) is 46.5 Å². The van der Waals surface area contributed by atoms with Gasteiger partial charge in [0.25, 0.3) is 16.7 Å². The SMILES string of the molecule is CCOP(=O)(CC)OCC.CCOP(C)(=O)COC[C@@H]1O[C@H](n2cc(C)c(=O)[nH]c2=O)[C@H](F)[C@H]1O.CCOP(C)(=O)CO[C@@H]1[C@@H](F)[C@@H](n2cc(C)c(=O)[nH]c2=O)O[C@H]1CO.Cc1cn([C@H]2O[C@@H](CO)[C@H](O)[C@H]2F)c(=O)[nH]c1=O. The van der Waals surface area contributed by atoms with Gasteiger partial charge in [-0.3, -0.25) is 56.7 Å². The second-order valence-corrected chi connectivity index (χ2v) is 25.2. The maximum Gasteiger partial charge on any atom is 0.330 e. The number of halogens is 3. The van der Waals surface area contributed by atoms with Gasteiger partial charge in [-0.15, -0.1) is 0 Å². The fourth-order valence-electron chi connectivity index (χ4n) is 7.52. The molecule has 34 heteroatoms. The van der Waals surface area contributed by atoms with Crippen molar-refractivity contribution in [2.75, 3.05) is 78.4 Å². The number of hydrogen-bond donors (Lipinski definition) is 7. The quantitative estimate of drug-likeness (QED) is 0.0742. The van der Waals surface area contributed by atoms with Crippen LogP contribution in [0, 0.1) is 20.8 Å². The highest BCUT2D eigenvalue weighted by atomic mass is 31.2. The molecule has 0 radical (unpaired) electrons.